The summed E-state index contributed by atoms with van der Waals surface area (Å²) < 4.78 is 9.94. The summed E-state index contributed by atoms with van der Waals surface area (Å²) in [5, 5.41) is 9.54. The molecule has 0 unspecified atom stereocenters. The maximum atomic E-state index is 11.1. The highest BCUT2D eigenvalue weighted by Gasteiger charge is 2.10. The van der Waals surface area contributed by atoms with E-state index in [9.17, 15) is 4.79 Å². The molecule has 0 aliphatic carbocycles. The van der Waals surface area contributed by atoms with Crippen molar-refractivity contribution in [3.63, 3.8) is 0 Å². The van der Waals surface area contributed by atoms with Gasteiger partial charge in [-0.1, -0.05) is 5.22 Å². The number of ether oxygens (including phenoxy) is 2. The number of aromatic amines is 1. The van der Waals surface area contributed by atoms with E-state index in [0.717, 1.165) is 0 Å². The van der Waals surface area contributed by atoms with Crippen molar-refractivity contribution in [3.05, 3.63) is 12.0 Å². The SMILES string of the molecule is COCCN(CCOC)/N=N/c1nc[nH]c1C(N)=O. The van der Waals surface area contributed by atoms with E-state index in [1.54, 1.807) is 19.2 Å². The van der Waals surface area contributed by atoms with Gasteiger partial charge in [0.15, 0.2) is 5.69 Å². The number of imidazole rings is 1. The lowest BCUT2D eigenvalue weighted by Crippen LogP contribution is -2.25. The predicted molar refractivity (Wildman–Crippen MR) is 66.9 cm³/mol. The van der Waals surface area contributed by atoms with Gasteiger partial charge in [0.25, 0.3) is 5.91 Å². The van der Waals surface area contributed by atoms with Crippen LogP contribution in [0, 0.1) is 0 Å². The van der Waals surface area contributed by atoms with Crippen LogP contribution in [0.4, 0.5) is 5.82 Å². The number of nitrogens with one attached hydrogen (secondary N) is 1. The minimum atomic E-state index is -0.633. The Morgan fingerprint density at radius 2 is 2.05 bits per heavy atom. The molecule has 1 aromatic rings. The van der Waals surface area contributed by atoms with E-state index in [1.165, 1.54) is 6.33 Å². The van der Waals surface area contributed by atoms with Gasteiger partial charge in [0.1, 0.15) is 0 Å². The van der Waals surface area contributed by atoms with E-state index in [1.807, 2.05) is 0 Å². The Morgan fingerprint density at radius 1 is 1.42 bits per heavy atom. The highest BCUT2D eigenvalue weighted by Crippen LogP contribution is 2.13. The average Bonchev–Trinajstić information content (AvgIpc) is 2.86. The third-order valence-corrected chi connectivity index (χ3v) is 2.24. The van der Waals surface area contributed by atoms with Crippen LogP contribution in [0.5, 0.6) is 0 Å². The van der Waals surface area contributed by atoms with Crippen molar-refractivity contribution in [1.29, 1.82) is 0 Å². The van der Waals surface area contributed by atoms with Gasteiger partial charge in [-0.15, -0.1) is 5.11 Å². The zero-order chi connectivity index (χ0) is 14.1. The quantitative estimate of drug-likeness (QED) is 0.487. The highest BCUT2D eigenvalue weighted by atomic mass is 16.5. The van der Waals surface area contributed by atoms with E-state index >= 15 is 0 Å². The van der Waals surface area contributed by atoms with Gasteiger partial charge >= 0.3 is 0 Å². The van der Waals surface area contributed by atoms with Crippen molar-refractivity contribution >= 4 is 11.7 Å². The standard InChI is InChI=1S/C10H18N6O3/c1-18-5-3-16(4-6-19-2)15-14-10-8(9(11)17)12-7-13-10/h7H,3-6H2,1-2H3,(H2,11,17)(H,12,13)/b15-14+. The molecule has 0 atom stereocenters. The Morgan fingerprint density at radius 3 is 2.58 bits per heavy atom. The average molecular weight is 270 g/mol. The molecule has 0 aliphatic rings. The summed E-state index contributed by atoms with van der Waals surface area (Å²) in [6.07, 6.45) is 1.34. The first kappa shape index (κ1) is 15.1. The van der Waals surface area contributed by atoms with Gasteiger partial charge in [-0.05, 0) is 0 Å². The van der Waals surface area contributed by atoms with Crippen LogP contribution in [0.25, 0.3) is 0 Å². The van der Waals surface area contributed by atoms with Gasteiger partial charge in [-0.2, -0.15) is 0 Å². The summed E-state index contributed by atoms with van der Waals surface area (Å²) in [5.41, 5.74) is 5.29. The second-order valence-electron chi connectivity index (χ2n) is 3.59. The van der Waals surface area contributed by atoms with Gasteiger partial charge in [-0.3, -0.25) is 9.80 Å². The normalized spacial score (nSPS) is 11.1. The third-order valence-electron chi connectivity index (χ3n) is 2.24. The minimum Gasteiger partial charge on any atom is -0.383 e. The number of H-pyrrole nitrogens is 1. The van der Waals surface area contributed by atoms with Crippen LogP contribution in [0.2, 0.25) is 0 Å². The van der Waals surface area contributed by atoms with Crippen LogP contribution in [-0.2, 0) is 9.47 Å². The first-order valence-corrected chi connectivity index (χ1v) is 5.66. The number of methoxy groups -OCH3 is 2. The summed E-state index contributed by atoms with van der Waals surface area (Å²) in [5.74, 6) is -0.473. The smallest absolute Gasteiger partial charge is 0.269 e. The lowest BCUT2D eigenvalue weighted by molar-refractivity contribution is 0.0995. The van der Waals surface area contributed by atoms with Gasteiger partial charge in [0, 0.05) is 14.2 Å². The van der Waals surface area contributed by atoms with Crippen LogP contribution in [0.3, 0.4) is 0 Å². The topological polar surface area (TPSA) is 118 Å². The predicted octanol–water partition coefficient (Wildman–Crippen LogP) is 0.102. The number of nitrogens with zero attached hydrogens (tertiary/aromatic N) is 4. The Labute approximate surface area is 110 Å². The molecule has 9 heteroatoms. The van der Waals surface area contributed by atoms with Gasteiger partial charge in [0.05, 0.1) is 32.6 Å². The number of nitrogens with two attached hydrogens (primary N) is 1. The van der Waals surface area contributed by atoms with Gasteiger partial charge < -0.3 is 20.2 Å². The fourth-order valence-electron chi connectivity index (χ4n) is 1.24. The Bertz CT molecular complexity index is 411. The monoisotopic (exact) mass is 270 g/mol. The number of aromatic nitrogens is 2. The van der Waals surface area contributed by atoms with Crippen LogP contribution in [-0.4, -0.2) is 61.4 Å². The van der Waals surface area contributed by atoms with Crippen LogP contribution >= 0.6 is 0 Å². The highest BCUT2D eigenvalue weighted by molar-refractivity contribution is 5.94. The number of hydrogen-bond donors (Lipinski definition) is 2. The van der Waals surface area contributed by atoms with Crippen molar-refractivity contribution in [3.8, 4) is 0 Å². The van der Waals surface area contributed by atoms with Gasteiger partial charge in [-0.25, -0.2) is 4.98 Å². The molecule has 0 saturated carbocycles. The molecule has 1 aromatic heterocycles. The van der Waals surface area contributed by atoms with Crippen molar-refractivity contribution in [2.75, 3.05) is 40.5 Å². The first-order valence-electron chi connectivity index (χ1n) is 5.66. The molecule has 1 amide bonds. The van der Waals surface area contributed by atoms with Crippen molar-refractivity contribution < 1.29 is 14.3 Å². The van der Waals surface area contributed by atoms with Crippen molar-refractivity contribution in [2.45, 2.75) is 0 Å². The van der Waals surface area contributed by atoms with E-state index in [0.29, 0.717) is 26.3 Å². The van der Waals surface area contributed by atoms with Crippen molar-refractivity contribution in [1.82, 2.24) is 15.0 Å². The summed E-state index contributed by atoms with van der Waals surface area (Å²) in [6.45, 7) is 2.12. The molecule has 0 fully saturated rings. The lowest BCUT2D eigenvalue weighted by Gasteiger charge is -2.16. The fourth-order valence-corrected chi connectivity index (χ4v) is 1.24. The van der Waals surface area contributed by atoms with E-state index in [2.05, 4.69) is 20.3 Å². The number of carbonyl (C=O) groups excluding carboxylic acids is 1. The maximum absolute atomic E-state index is 11.1. The molecular formula is C10H18N6O3. The van der Waals surface area contributed by atoms with E-state index in [4.69, 9.17) is 15.2 Å². The molecular weight excluding hydrogens is 252 g/mol. The maximum Gasteiger partial charge on any atom is 0.269 e. The summed E-state index contributed by atoms with van der Waals surface area (Å²) in [4.78, 5) is 17.5. The Hall–Kier alpha value is -2.00. The Balaban J connectivity index is 2.67. The molecule has 1 heterocycles. The molecule has 0 aromatic carbocycles. The minimum absolute atomic E-state index is 0.127. The number of amides is 1. The number of rotatable bonds is 9. The Kier molecular flexibility index (Phi) is 6.47. The molecule has 0 aliphatic heterocycles. The van der Waals surface area contributed by atoms with E-state index < -0.39 is 5.91 Å². The van der Waals surface area contributed by atoms with Crippen LogP contribution in [0.15, 0.2) is 16.7 Å². The van der Waals surface area contributed by atoms with E-state index in [-0.39, 0.29) is 11.5 Å². The molecule has 0 saturated heterocycles. The molecule has 0 radical (unpaired) electrons. The second kappa shape index (κ2) is 8.16. The zero-order valence-electron chi connectivity index (χ0n) is 11.0. The molecule has 19 heavy (non-hydrogen) atoms. The number of hydrogen-bond acceptors (Lipinski definition) is 6. The largest absolute Gasteiger partial charge is 0.383 e. The molecule has 9 nitrogen and oxygen atoms in total. The fraction of sp³-hybridized carbons (Fsp3) is 0.600. The molecule has 106 valence electrons. The van der Waals surface area contributed by atoms with Crippen LogP contribution in [0.1, 0.15) is 10.5 Å². The van der Waals surface area contributed by atoms with Gasteiger partial charge in [0.2, 0.25) is 5.82 Å². The first-order chi connectivity index (χ1) is 9.19. The third kappa shape index (κ3) is 5.02. The molecule has 1 rings (SSSR count). The number of primary amides is 1. The molecule has 3 N–H and O–H groups in total. The molecule has 0 spiro atoms. The number of carbonyl (C=O) groups is 1. The summed E-state index contributed by atoms with van der Waals surface area (Å²) >= 11 is 0. The summed E-state index contributed by atoms with van der Waals surface area (Å²) in [6, 6.07) is 0. The lowest BCUT2D eigenvalue weighted by atomic mass is 10.4. The zero-order valence-corrected chi connectivity index (χ0v) is 11.0. The van der Waals surface area contributed by atoms with Crippen molar-refractivity contribution in [2.24, 2.45) is 16.1 Å². The second-order valence-corrected chi connectivity index (χ2v) is 3.59. The molecule has 0 bridgehead atoms. The van der Waals surface area contributed by atoms with Crippen LogP contribution < -0.4 is 5.73 Å². The summed E-state index contributed by atoms with van der Waals surface area (Å²) in [7, 11) is 3.20.